The first-order chi connectivity index (χ1) is 23.9. The predicted octanol–water partition coefficient (Wildman–Crippen LogP) is 5.19. The molecule has 0 radical (unpaired) electrons. The van der Waals surface area contributed by atoms with Gasteiger partial charge in [0, 0.05) is 62.3 Å². The van der Waals surface area contributed by atoms with Gasteiger partial charge in [-0.3, -0.25) is 9.32 Å². The largest absolute Gasteiger partial charge is 0.477 e. The number of halogens is 2. The normalized spacial score (nSPS) is 21.9. The van der Waals surface area contributed by atoms with Crippen molar-refractivity contribution in [3.8, 4) is 11.1 Å². The maximum absolute atomic E-state index is 16.0. The number of aromatic amines is 1. The molecule has 0 bridgehead atoms. The maximum Gasteiger partial charge on any atom is 0.477 e. The van der Waals surface area contributed by atoms with Crippen LogP contribution < -0.4 is 15.6 Å². The highest BCUT2D eigenvalue weighted by molar-refractivity contribution is 7.47. The molecule has 5 aromatic rings. The zero-order valence-electron chi connectivity index (χ0n) is 29.0. The van der Waals surface area contributed by atoms with Gasteiger partial charge < -0.3 is 34.3 Å². The van der Waals surface area contributed by atoms with Gasteiger partial charge in [0.1, 0.15) is 23.4 Å². The Morgan fingerprint density at radius 3 is 2.63 bits per heavy atom. The molecule has 2 unspecified atom stereocenters. The Morgan fingerprint density at radius 1 is 1.20 bits per heavy atom. The van der Waals surface area contributed by atoms with Gasteiger partial charge in [-0.25, -0.2) is 32.6 Å². The second kappa shape index (κ2) is 12.1. The highest BCUT2D eigenvalue weighted by atomic mass is 31.2. The fourth-order valence-electron chi connectivity index (χ4n) is 7.75. The van der Waals surface area contributed by atoms with Crippen molar-refractivity contribution < 1.29 is 41.7 Å². The number of aromatic carboxylic acids is 1. The number of likely N-dealkylation sites (tertiary alicyclic amines) is 1. The minimum absolute atomic E-state index is 0.000828. The number of quaternary nitrogens is 1. The van der Waals surface area contributed by atoms with Crippen LogP contribution in [0.15, 0.2) is 35.5 Å². The monoisotopic (exact) mass is 726 g/mol. The molecule has 7 rings (SSSR count). The number of aromatic nitrogens is 4. The summed E-state index contributed by atoms with van der Waals surface area (Å²) in [7, 11) is 0.764. The van der Waals surface area contributed by atoms with Crippen molar-refractivity contribution in [2.24, 2.45) is 13.0 Å². The number of fused-ring (bicyclic) bond motifs is 5. The van der Waals surface area contributed by atoms with Crippen LogP contribution in [0.25, 0.3) is 44.1 Å². The number of carbonyl (C=O) groups is 1. The van der Waals surface area contributed by atoms with Gasteiger partial charge in [-0.1, -0.05) is 0 Å². The van der Waals surface area contributed by atoms with Crippen LogP contribution in [0.3, 0.4) is 0 Å². The number of phosphoric acid groups is 1. The predicted molar refractivity (Wildman–Crippen MR) is 188 cm³/mol. The van der Waals surface area contributed by atoms with E-state index in [4.69, 9.17) is 9.05 Å². The summed E-state index contributed by atoms with van der Waals surface area (Å²) in [6, 6.07) is 2.47. The molecule has 0 aliphatic carbocycles. The minimum atomic E-state index is -4.36. The van der Waals surface area contributed by atoms with E-state index in [1.165, 1.54) is 10.8 Å². The first kappa shape index (κ1) is 35.0. The molecule has 4 N–H and O–H groups in total. The molecule has 0 spiro atoms. The molecule has 4 atom stereocenters. The lowest BCUT2D eigenvalue weighted by atomic mass is 9.99. The molecule has 17 heteroatoms. The van der Waals surface area contributed by atoms with E-state index in [9.17, 15) is 24.2 Å². The van der Waals surface area contributed by atoms with Crippen molar-refractivity contribution in [3.63, 3.8) is 0 Å². The van der Waals surface area contributed by atoms with Gasteiger partial charge in [0.15, 0.2) is 18.4 Å². The lowest BCUT2D eigenvalue weighted by molar-refractivity contribution is -0.915. The quantitative estimate of drug-likeness (QED) is 0.123. The molecule has 6 heterocycles. The summed E-state index contributed by atoms with van der Waals surface area (Å²) in [5.74, 6) is -3.37. The van der Waals surface area contributed by atoms with E-state index in [0.29, 0.717) is 63.2 Å². The minimum Gasteiger partial charge on any atom is -0.477 e. The number of likely N-dealkylation sites (N-methyl/N-ethyl adjacent to an activating group) is 1. The third-order valence-electron chi connectivity index (χ3n) is 9.79. The number of hydrogen-bond acceptors (Lipinski definition) is 9. The number of phosphoric ester groups is 1. The van der Waals surface area contributed by atoms with E-state index in [2.05, 4.69) is 25.2 Å². The van der Waals surface area contributed by atoms with E-state index in [0.717, 1.165) is 12.5 Å². The lowest BCUT2D eigenvalue weighted by Crippen LogP contribution is -2.47. The van der Waals surface area contributed by atoms with Crippen molar-refractivity contribution >= 4 is 58.1 Å². The number of nitrogens with zero attached hydrogens (tertiary/aromatic N) is 5. The molecule has 2 aliphatic heterocycles. The van der Waals surface area contributed by atoms with Crippen LogP contribution in [0.2, 0.25) is 0 Å². The Labute approximate surface area is 290 Å². The van der Waals surface area contributed by atoms with Crippen LogP contribution >= 0.6 is 7.82 Å². The maximum atomic E-state index is 16.0. The van der Waals surface area contributed by atoms with Crippen molar-refractivity contribution in [1.29, 1.82) is 0 Å². The molecular formula is C34H39F2N7O7P+. The highest BCUT2D eigenvalue weighted by Crippen LogP contribution is 2.50. The molecule has 4 aromatic heterocycles. The fraction of sp³-hybridized carbons (Fsp3) is 0.412. The summed E-state index contributed by atoms with van der Waals surface area (Å²) in [6.07, 6.45) is 5.08. The third kappa shape index (κ3) is 6.04. The van der Waals surface area contributed by atoms with Crippen molar-refractivity contribution in [2.45, 2.75) is 38.8 Å². The van der Waals surface area contributed by atoms with Crippen molar-refractivity contribution in [3.05, 3.63) is 58.1 Å². The first-order valence-corrected chi connectivity index (χ1v) is 17.9. The van der Waals surface area contributed by atoms with E-state index < -0.39 is 42.0 Å². The van der Waals surface area contributed by atoms with Crippen LogP contribution in [0.1, 0.15) is 37.6 Å². The molecule has 2 aliphatic rings. The molecule has 270 valence electrons. The highest BCUT2D eigenvalue weighted by Gasteiger charge is 2.51. The average Bonchev–Trinajstić information content (AvgIpc) is 3.72. The van der Waals surface area contributed by atoms with E-state index in [-0.39, 0.29) is 35.1 Å². The van der Waals surface area contributed by atoms with Gasteiger partial charge >= 0.3 is 13.8 Å². The lowest BCUT2D eigenvalue weighted by Gasteiger charge is -2.34. The Hall–Kier alpha value is -4.47. The second-order valence-corrected chi connectivity index (χ2v) is 16.1. The molecular weight excluding hydrogens is 687 g/mol. The van der Waals surface area contributed by atoms with Crippen LogP contribution in [0, 0.1) is 17.6 Å². The number of benzene rings is 1. The number of nitrogens with one attached hydrogen (secondary N) is 2. The summed E-state index contributed by atoms with van der Waals surface area (Å²) < 4.78 is 56.4. The van der Waals surface area contributed by atoms with Gasteiger partial charge in [-0.15, -0.1) is 0 Å². The smallest absolute Gasteiger partial charge is 0.477 e. The van der Waals surface area contributed by atoms with Gasteiger partial charge in [-0.2, -0.15) is 0 Å². The fourth-order valence-corrected chi connectivity index (χ4v) is 8.92. The van der Waals surface area contributed by atoms with Crippen LogP contribution in [0.4, 0.5) is 20.2 Å². The average molecular weight is 727 g/mol. The van der Waals surface area contributed by atoms with E-state index in [1.54, 1.807) is 53.3 Å². The molecule has 14 nitrogen and oxygen atoms in total. The Bertz CT molecular complexity index is 2380. The topological polar surface area (TPSA) is 172 Å². The van der Waals surface area contributed by atoms with Crippen LogP contribution in [-0.2, 0) is 20.7 Å². The van der Waals surface area contributed by atoms with Gasteiger partial charge in [0.2, 0.25) is 5.43 Å². The molecule has 51 heavy (non-hydrogen) atoms. The Balaban J connectivity index is 1.41. The Morgan fingerprint density at radius 2 is 1.94 bits per heavy atom. The number of hydrogen-bond donors (Lipinski definition) is 4. The van der Waals surface area contributed by atoms with Crippen molar-refractivity contribution in [2.75, 3.05) is 50.7 Å². The second-order valence-electron chi connectivity index (χ2n) is 14.7. The number of carboxylic acid groups (broad SMARTS) is 1. The summed E-state index contributed by atoms with van der Waals surface area (Å²) >= 11 is 0. The number of carboxylic acids is 1. The molecule has 0 amide bonds. The van der Waals surface area contributed by atoms with E-state index in [1.807, 2.05) is 7.05 Å². The summed E-state index contributed by atoms with van der Waals surface area (Å²) in [5, 5.41) is 13.0. The zero-order valence-corrected chi connectivity index (χ0v) is 29.8. The van der Waals surface area contributed by atoms with Gasteiger partial charge in [-0.05, 0) is 33.3 Å². The van der Waals surface area contributed by atoms with Gasteiger partial charge in [0.05, 0.1) is 58.3 Å². The number of H-pyrrole nitrogens is 1. The zero-order chi connectivity index (χ0) is 36.8. The number of pyridine rings is 3. The number of anilines is 2. The van der Waals surface area contributed by atoms with Gasteiger partial charge in [0.25, 0.3) is 0 Å². The SMILES string of the molecule is CNc1cc(F)c(F)c2c1[nH]c1ncc(-c3cnc4c(c3)c(=O)c(C(=O)O)cn4C)c(N3CC[C@@H]4C[N+](C)(COP(=O)(O)OC(C)(C)C)C[C@@H]43)c12. The summed E-state index contributed by atoms with van der Waals surface area (Å²) in [4.78, 5) is 50.1. The standard InChI is InChI=1S/C34H38F2N7O7P/c1-34(2,3)50-51(47,48)49-16-43(6)14-17-7-8-42(24(17)15-43)29-20(18-9-19-30(44)21(33(45)46)13-41(5)32(19)39-11-18)12-38-31-26(29)25-27(36)22(35)10-23(37-4)28(25)40-31/h9-13,17,24,37H,7-8,14-16H2,1-6H3,(H2-,38,40,45,46,47,48)/p+1/t17-,24+,43?/m1/s1. The first-order valence-electron chi connectivity index (χ1n) is 16.4. The van der Waals surface area contributed by atoms with Crippen LogP contribution in [0.5, 0.6) is 0 Å². The number of aryl methyl sites for hydroxylation is 1. The Kier molecular flexibility index (Phi) is 8.26. The third-order valence-corrected chi connectivity index (χ3v) is 11.0. The summed E-state index contributed by atoms with van der Waals surface area (Å²) in [5.41, 5.74) is 0.650. The molecule has 0 saturated carbocycles. The van der Waals surface area contributed by atoms with Crippen LogP contribution in [-0.4, -0.2) is 92.1 Å². The van der Waals surface area contributed by atoms with Crippen molar-refractivity contribution in [1.82, 2.24) is 19.5 Å². The number of rotatable bonds is 8. The molecule has 2 fully saturated rings. The molecule has 1 aromatic carbocycles. The summed E-state index contributed by atoms with van der Waals surface area (Å²) in [6.45, 7) is 6.54. The molecule has 2 saturated heterocycles. The van der Waals surface area contributed by atoms with E-state index >= 15 is 8.78 Å².